The molecule has 1 aliphatic heterocycles. The Hall–Kier alpha value is -2.75. The highest BCUT2D eigenvalue weighted by molar-refractivity contribution is 5.93. The molecular formula is C20H20O4. The second-order valence-electron chi connectivity index (χ2n) is 5.76. The van der Waals surface area contributed by atoms with Crippen molar-refractivity contribution in [1.29, 1.82) is 0 Å². The number of aryl methyl sites for hydroxylation is 2. The van der Waals surface area contributed by atoms with Crippen molar-refractivity contribution in [1.82, 2.24) is 0 Å². The van der Waals surface area contributed by atoms with Gasteiger partial charge in [0, 0.05) is 5.57 Å². The summed E-state index contributed by atoms with van der Waals surface area (Å²) in [5.74, 6) is 1.23. The molecule has 4 heteroatoms. The second-order valence-corrected chi connectivity index (χ2v) is 5.76. The van der Waals surface area contributed by atoms with Crippen molar-refractivity contribution in [2.45, 2.75) is 19.8 Å². The van der Waals surface area contributed by atoms with Gasteiger partial charge >= 0.3 is 5.97 Å². The lowest BCUT2D eigenvalue weighted by atomic mass is 10.0. The molecule has 0 N–H and O–H groups in total. The van der Waals surface area contributed by atoms with Crippen LogP contribution in [0.3, 0.4) is 0 Å². The topological polar surface area (TPSA) is 44.8 Å². The van der Waals surface area contributed by atoms with Gasteiger partial charge in [-0.2, -0.15) is 0 Å². The zero-order valence-electron chi connectivity index (χ0n) is 13.9. The number of hydrogen-bond donors (Lipinski definition) is 0. The van der Waals surface area contributed by atoms with Gasteiger partial charge in [-0.25, -0.2) is 4.79 Å². The Morgan fingerprint density at radius 3 is 2.62 bits per heavy atom. The van der Waals surface area contributed by atoms with Gasteiger partial charge in [0.05, 0.1) is 7.11 Å². The molecular weight excluding hydrogens is 304 g/mol. The van der Waals surface area contributed by atoms with Crippen LogP contribution in [0, 0.1) is 6.92 Å². The number of methoxy groups -OCH3 is 1. The first-order valence-electron chi connectivity index (χ1n) is 7.90. The fraction of sp³-hybridized carbons (Fsp3) is 0.250. The van der Waals surface area contributed by atoms with E-state index in [0.29, 0.717) is 12.0 Å². The molecule has 0 spiro atoms. The summed E-state index contributed by atoms with van der Waals surface area (Å²) in [4.78, 5) is 12.1. The average molecular weight is 324 g/mol. The predicted molar refractivity (Wildman–Crippen MR) is 92.1 cm³/mol. The molecule has 0 bridgehead atoms. The third kappa shape index (κ3) is 3.77. The summed E-state index contributed by atoms with van der Waals surface area (Å²) in [5, 5.41) is 0. The number of fused-ring (bicyclic) bond motifs is 1. The third-order valence-electron chi connectivity index (χ3n) is 3.99. The van der Waals surface area contributed by atoms with Gasteiger partial charge in [-0.3, -0.25) is 0 Å². The smallest absolute Gasteiger partial charge is 0.333 e. The van der Waals surface area contributed by atoms with E-state index in [9.17, 15) is 4.79 Å². The first-order valence-corrected chi connectivity index (χ1v) is 7.90. The molecule has 0 atom stereocenters. The maximum Gasteiger partial charge on any atom is 0.333 e. The van der Waals surface area contributed by atoms with Gasteiger partial charge in [-0.05, 0) is 49.1 Å². The molecule has 0 fully saturated rings. The molecule has 0 amide bonds. The Kier molecular flexibility index (Phi) is 4.85. The summed E-state index contributed by atoms with van der Waals surface area (Å²) < 4.78 is 15.6. The average Bonchev–Trinajstić information content (AvgIpc) is 3.07. The highest BCUT2D eigenvalue weighted by atomic mass is 16.7. The van der Waals surface area contributed by atoms with Crippen LogP contribution in [0.4, 0.5) is 0 Å². The van der Waals surface area contributed by atoms with Crippen LogP contribution in [0.15, 0.2) is 48.0 Å². The van der Waals surface area contributed by atoms with Gasteiger partial charge in [0.2, 0.25) is 6.79 Å². The minimum absolute atomic E-state index is 0.263. The van der Waals surface area contributed by atoms with E-state index in [2.05, 4.69) is 0 Å². The van der Waals surface area contributed by atoms with Gasteiger partial charge in [0.25, 0.3) is 0 Å². The number of esters is 1. The van der Waals surface area contributed by atoms with Crippen molar-refractivity contribution in [2.24, 2.45) is 0 Å². The standard InChI is InChI=1S/C20H20O4/c1-14-3-5-15(6-4-14)11-17(20(21)22-2)9-7-16-8-10-18-19(12-16)24-13-23-18/h3-6,8,10-12H,7,9,13H2,1-2H3/b17-11+. The molecule has 3 rings (SSSR count). The second kappa shape index (κ2) is 7.21. The highest BCUT2D eigenvalue weighted by Crippen LogP contribution is 2.33. The predicted octanol–water partition coefficient (Wildman–Crippen LogP) is 3.91. The Morgan fingerprint density at radius 2 is 1.88 bits per heavy atom. The molecule has 124 valence electrons. The normalized spacial score (nSPS) is 13.0. The fourth-order valence-electron chi connectivity index (χ4n) is 2.60. The lowest BCUT2D eigenvalue weighted by molar-refractivity contribution is -0.136. The van der Waals surface area contributed by atoms with Crippen LogP contribution in [0.25, 0.3) is 6.08 Å². The number of hydrogen-bond acceptors (Lipinski definition) is 4. The summed E-state index contributed by atoms with van der Waals surface area (Å²) in [7, 11) is 1.41. The van der Waals surface area contributed by atoms with Crippen molar-refractivity contribution in [3.63, 3.8) is 0 Å². The van der Waals surface area contributed by atoms with E-state index in [1.165, 1.54) is 12.7 Å². The molecule has 0 unspecified atom stereocenters. The van der Waals surface area contributed by atoms with Gasteiger partial charge < -0.3 is 14.2 Å². The maximum absolute atomic E-state index is 12.1. The first kappa shape index (κ1) is 16.1. The Bertz CT molecular complexity index is 760. The Morgan fingerprint density at radius 1 is 1.12 bits per heavy atom. The monoisotopic (exact) mass is 324 g/mol. The zero-order valence-corrected chi connectivity index (χ0v) is 13.9. The minimum atomic E-state index is -0.295. The van der Waals surface area contributed by atoms with Gasteiger partial charge in [0.1, 0.15) is 0 Å². The molecule has 0 aromatic heterocycles. The molecule has 0 saturated heterocycles. The number of carbonyl (C=O) groups is 1. The molecule has 0 aliphatic carbocycles. The van der Waals surface area contributed by atoms with E-state index < -0.39 is 0 Å². The lowest BCUT2D eigenvalue weighted by Gasteiger charge is -2.07. The first-order chi connectivity index (χ1) is 11.7. The molecule has 24 heavy (non-hydrogen) atoms. The summed E-state index contributed by atoms with van der Waals surface area (Å²) in [6, 6.07) is 13.9. The van der Waals surface area contributed by atoms with Crippen LogP contribution in [-0.4, -0.2) is 19.9 Å². The SMILES string of the molecule is COC(=O)/C(=C/c1ccc(C)cc1)CCc1ccc2c(c1)OCO2. The third-order valence-corrected chi connectivity index (χ3v) is 3.99. The van der Waals surface area contributed by atoms with Crippen molar-refractivity contribution >= 4 is 12.0 Å². The van der Waals surface area contributed by atoms with Gasteiger partial charge in [0.15, 0.2) is 11.5 Å². The van der Waals surface area contributed by atoms with Crippen LogP contribution in [0.5, 0.6) is 11.5 Å². The van der Waals surface area contributed by atoms with Crippen molar-refractivity contribution in [3.8, 4) is 11.5 Å². The van der Waals surface area contributed by atoms with Crippen LogP contribution < -0.4 is 9.47 Å². The number of rotatable bonds is 5. The Balaban J connectivity index is 1.75. The van der Waals surface area contributed by atoms with Crippen LogP contribution in [0.2, 0.25) is 0 Å². The van der Waals surface area contributed by atoms with Crippen LogP contribution >= 0.6 is 0 Å². The number of benzene rings is 2. The minimum Gasteiger partial charge on any atom is -0.466 e. The van der Waals surface area contributed by atoms with E-state index in [1.54, 1.807) is 0 Å². The quantitative estimate of drug-likeness (QED) is 0.618. The molecule has 1 heterocycles. The largest absolute Gasteiger partial charge is 0.466 e. The molecule has 2 aromatic rings. The van der Waals surface area contributed by atoms with E-state index >= 15 is 0 Å². The summed E-state index contributed by atoms with van der Waals surface area (Å²) in [5.41, 5.74) is 3.93. The molecule has 0 saturated carbocycles. The van der Waals surface area contributed by atoms with E-state index in [-0.39, 0.29) is 12.8 Å². The lowest BCUT2D eigenvalue weighted by Crippen LogP contribution is -2.06. The summed E-state index contributed by atoms with van der Waals surface area (Å²) in [6.07, 6.45) is 3.21. The summed E-state index contributed by atoms with van der Waals surface area (Å²) >= 11 is 0. The van der Waals surface area contributed by atoms with E-state index in [1.807, 2.05) is 55.5 Å². The molecule has 4 nitrogen and oxygen atoms in total. The van der Waals surface area contributed by atoms with Crippen molar-refractivity contribution in [3.05, 3.63) is 64.7 Å². The van der Waals surface area contributed by atoms with Gasteiger partial charge in [-0.1, -0.05) is 35.9 Å². The molecule has 2 aromatic carbocycles. The fourth-order valence-corrected chi connectivity index (χ4v) is 2.60. The molecule has 1 aliphatic rings. The summed E-state index contributed by atoms with van der Waals surface area (Å²) in [6.45, 7) is 2.30. The van der Waals surface area contributed by atoms with E-state index in [0.717, 1.165) is 29.0 Å². The number of carbonyl (C=O) groups excluding carboxylic acids is 1. The zero-order chi connectivity index (χ0) is 16.9. The van der Waals surface area contributed by atoms with Gasteiger partial charge in [-0.15, -0.1) is 0 Å². The van der Waals surface area contributed by atoms with Crippen molar-refractivity contribution < 1.29 is 19.0 Å². The van der Waals surface area contributed by atoms with Crippen molar-refractivity contribution in [2.75, 3.05) is 13.9 Å². The number of ether oxygens (including phenoxy) is 3. The highest BCUT2D eigenvalue weighted by Gasteiger charge is 2.15. The van der Waals surface area contributed by atoms with Crippen LogP contribution in [-0.2, 0) is 16.0 Å². The molecule has 0 radical (unpaired) electrons. The van der Waals surface area contributed by atoms with Crippen LogP contribution in [0.1, 0.15) is 23.1 Å². The Labute approximate surface area is 141 Å². The maximum atomic E-state index is 12.1. The van der Waals surface area contributed by atoms with E-state index in [4.69, 9.17) is 14.2 Å².